The van der Waals surface area contributed by atoms with Crippen LogP contribution in [0.4, 0.5) is 5.82 Å². The smallest absolute Gasteiger partial charge is 0.263 e. The number of nitrogens with one attached hydrogen (secondary N) is 1. The number of anilines is 1. The van der Waals surface area contributed by atoms with Gasteiger partial charge in [-0.1, -0.05) is 15.9 Å². The molecule has 7 heteroatoms. The van der Waals surface area contributed by atoms with Gasteiger partial charge in [0.25, 0.3) is 10.0 Å². The van der Waals surface area contributed by atoms with E-state index in [9.17, 15) is 8.42 Å². The first-order valence-electron chi connectivity index (χ1n) is 5.75. The summed E-state index contributed by atoms with van der Waals surface area (Å²) in [4.78, 5) is 0.220. The Balaban J connectivity index is 2.33. The van der Waals surface area contributed by atoms with Crippen molar-refractivity contribution < 1.29 is 8.42 Å². The van der Waals surface area contributed by atoms with Gasteiger partial charge < -0.3 is 0 Å². The second-order valence-electron chi connectivity index (χ2n) is 4.05. The Bertz CT molecular complexity index is 678. The van der Waals surface area contributed by atoms with Gasteiger partial charge >= 0.3 is 0 Å². The molecule has 0 unspecified atom stereocenters. The van der Waals surface area contributed by atoms with Crippen LogP contribution in [0.3, 0.4) is 0 Å². The number of nitrogens with zero attached hydrogens (tertiary/aromatic N) is 2. The van der Waals surface area contributed by atoms with Crippen LogP contribution < -0.4 is 4.72 Å². The zero-order valence-electron chi connectivity index (χ0n) is 10.6. The van der Waals surface area contributed by atoms with E-state index >= 15 is 0 Å². The number of hydrogen-bond donors (Lipinski definition) is 1. The fraction of sp³-hybridized carbons (Fsp3) is 0.250. The number of sulfonamides is 1. The molecule has 0 saturated heterocycles. The monoisotopic (exact) mass is 343 g/mol. The number of aromatic nitrogens is 2. The summed E-state index contributed by atoms with van der Waals surface area (Å²) in [6.45, 7) is 4.33. The second kappa shape index (κ2) is 5.34. The van der Waals surface area contributed by atoms with Crippen molar-refractivity contribution in [3.63, 3.8) is 0 Å². The number of halogens is 1. The molecular formula is C12H14BrN3O2S. The van der Waals surface area contributed by atoms with Crippen LogP contribution in [0.25, 0.3) is 0 Å². The minimum Gasteiger partial charge on any atom is -0.264 e. The Kier molecular flexibility index (Phi) is 3.96. The summed E-state index contributed by atoms with van der Waals surface area (Å²) in [5.74, 6) is 0.475. The number of benzene rings is 1. The lowest BCUT2D eigenvalue weighted by molar-refractivity contribution is 0.599. The number of rotatable bonds is 4. The van der Waals surface area contributed by atoms with Crippen molar-refractivity contribution in [1.29, 1.82) is 0 Å². The van der Waals surface area contributed by atoms with Gasteiger partial charge in [-0.25, -0.2) is 13.1 Å². The van der Waals surface area contributed by atoms with Gasteiger partial charge in [0.2, 0.25) is 0 Å². The molecule has 0 spiro atoms. The maximum absolute atomic E-state index is 12.2. The van der Waals surface area contributed by atoms with Gasteiger partial charge in [-0.05, 0) is 38.1 Å². The van der Waals surface area contributed by atoms with Crippen LogP contribution >= 0.6 is 15.9 Å². The summed E-state index contributed by atoms with van der Waals surface area (Å²) in [5.41, 5.74) is 0.773. The average Bonchev–Trinajstić information content (AvgIpc) is 2.69. The lowest BCUT2D eigenvalue weighted by atomic mass is 10.4. The average molecular weight is 344 g/mol. The fourth-order valence-electron chi connectivity index (χ4n) is 1.68. The van der Waals surface area contributed by atoms with E-state index in [-0.39, 0.29) is 4.90 Å². The van der Waals surface area contributed by atoms with E-state index in [0.29, 0.717) is 12.4 Å². The lowest BCUT2D eigenvalue weighted by Gasteiger charge is -2.09. The summed E-state index contributed by atoms with van der Waals surface area (Å²) in [5, 5.41) is 4.20. The van der Waals surface area contributed by atoms with Crippen LogP contribution in [0, 0.1) is 6.92 Å². The Hall–Kier alpha value is -1.34. The predicted molar refractivity (Wildman–Crippen MR) is 77.6 cm³/mol. The largest absolute Gasteiger partial charge is 0.264 e. The van der Waals surface area contributed by atoms with Crippen LogP contribution in [0.5, 0.6) is 0 Å². The highest BCUT2D eigenvalue weighted by molar-refractivity contribution is 9.10. The van der Waals surface area contributed by atoms with Crippen molar-refractivity contribution >= 4 is 31.8 Å². The molecule has 2 aromatic rings. The van der Waals surface area contributed by atoms with Gasteiger partial charge in [0, 0.05) is 17.1 Å². The highest BCUT2D eigenvalue weighted by Gasteiger charge is 2.16. The summed E-state index contributed by atoms with van der Waals surface area (Å²) in [6.07, 6.45) is 0. The molecule has 0 aliphatic rings. The predicted octanol–water partition coefficient (Wildman–Crippen LogP) is 2.77. The van der Waals surface area contributed by atoms with E-state index in [1.807, 2.05) is 13.8 Å². The van der Waals surface area contributed by atoms with E-state index in [2.05, 4.69) is 25.8 Å². The Labute approximate surface area is 120 Å². The van der Waals surface area contributed by atoms with Crippen molar-refractivity contribution in [2.75, 3.05) is 4.72 Å². The van der Waals surface area contributed by atoms with E-state index in [4.69, 9.17) is 0 Å². The van der Waals surface area contributed by atoms with Gasteiger partial charge in [-0.15, -0.1) is 0 Å². The topological polar surface area (TPSA) is 64.0 Å². The SMILES string of the molecule is CCn1nc(C)cc1NS(=O)(=O)c1ccc(Br)cc1. The zero-order valence-corrected chi connectivity index (χ0v) is 13.0. The maximum Gasteiger partial charge on any atom is 0.263 e. The Morgan fingerprint density at radius 1 is 1.32 bits per heavy atom. The van der Waals surface area contributed by atoms with Crippen LogP contribution in [-0.2, 0) is 16.6 Å². The highest BCUT2D eigenvalue weighted by atomic mass is 79.9. The molecular weight excluding hydrogens is 330 g/mol. The van der Waals surface area contributed by atoms with Crippen molar-refractivity contribution in [3.8, 4) is 0 Å². The third-order valence-corrected chi connectivity index (χ3v) is 4.46. The van der Waals surface area contributed by atoms with E-state index in [0.717, 1.165) is 10.2 Å². The Morgan fingerprint density at radius 3 is 2.53 bits per heavy atom. The van der Waals surface area contributed by atoms with Crippen LogP contribution in [0.1, 0.15) is 12.6 Å². The molecule has 102 valence electrons. The van der Waals surface area contributed by atoms with Crippen molar-refractivity contribution in [2.45, 2.75) is 25.3 Å². The molecule has 1 heterocycles. The normalized spacial score (nSPS) is 11.5. The molecule has 2 rings (SSSR count). The van der Waals surface area contributed by atoms with Crippen molar-refractivity contribution in [1.82, 2.24) is 9.78 Å². The maximum atomic E-state index is 12.2. The Morgan fingerprint density at radius 2 is 1.95 bits per heavy atom. The molecule has 5 nitrogen and oxygen atoms in total. The van der Waals surface area contributed by atoms with Crippen LogP contribution in [0.2, 0.25) is 0 Å². The first-order valence-corrected chi connectivity index (χ1v) is 8.03. The molecule has 0 saturated carbocycles. The van der Waals surface area contributed by atoms with Crippen molar-refractivity contribution in [3.05, 3.63) is 40.5 Å². The second-order valence-corrected chi connectivity index (χ2v) is 6.64. The third-order valence-electron chi connectivity index (χ3n) is 2.56. The zero-order chi connectivity index (χ0) is 14.0. The number of hydrogen-bond acceptors (Lipinski definition) is 3. The number of aryl methyl sites for hydroxylation is 2. The first kappa shape index (κ1) is 14.1. The molecule has 0 aliphatic heterocycles. The highest BCUT2D eigenvalue weighted by Crippen LogP contribution is 2.19. The van der Waals surface area contributed by atoms with E-state index in [1.54, 1.807) is 35.0 Å². The standard InChI is InChI=1S/C12H14BrN3O2S/c1-3-16-12(8-9(2)14-16)15-19(17,18)11-6-4-10(13)5-7-11/h4-8,15H,3H2,1-2H3. The van der Waals surface area contributed by atoms with E-state index < -0.39 is 10.0 Å². The van der Waals surface area contributed by atoms with E-state index in [1.165, 1.54) is 0 Å². The summed E-state index contributed by atoms with van der Waals surface area (Å²) in [7, 11) is -3.58. The molecule has 19 heavy (non-hydrogen) atoms. The molecule has 0 amide bonds. The van der Waals surface area contributed by atoms with Gasteiger partial charge in [-0.3, -0.25) is 4.72 Å². The minimum atomic E-state index is -3.58. The first-order chi connectivity index (χ1) is 8.92. The minimum absolute atomic E-state index is 0.220. The fourth-order valence-corrected chi connectivity index (χ4v) is 3.00. The van der Waals surface area contributed by atoms with Gasteiger partial charge in [0.05, 0.1) is 10.6 Å². The molecule has 0 aliphatic carbocycles. The quantitative estimate of drug-likeness (QED) is 0.928. The molecule has 0 fully saturated rings. The van der Waals surface area contributed by atoms with Gasteiger partial charge in [0.1, 0.15) is 5.82 Å². The molecule has 0 bridgehead atoms. The molecule has 0 radical (unpaired) electrons. The summed E-state index contributed by atoms with van der Waals surface area (Å²) >= 11 is 3.28. The van der Waals surface area contributed by atoms with Gasteiger partial charge in [-0.2, -0.15) is 5.10 Å². The lowest BCUT2D eigenvalue weighted by Crippen LogP contribution is -2.16. The third kappa shape index (κ3) is 3.16. The molecule has 1 aromatic heterocycles. The van der Waals surface area contributed by atoms with Gasteiger partial charge in [0.15, 0.2) is 0 Å². The molecule has 1 N–H and O–H groups in total. The van der Waals surface area contributed by atoms with Crippen molar-refractivity contribution in [2.24, 2.45) is 0 Å². The molecule has 1 aromatic carbocycles. The van der Waals surface area contributed by atoms with Crippen LogP contribution in [0.15, 0.2) is 39.7 Å². The van der Waals surface area contributed by atoms with Crippen LogP contribution in [-0.4, -0.2) is 18.2 Å². The summed E-state index contributed by atoms with van der Waals surface area (Å²) < 4.78 is 29.4. The summed E-state index contributed by atoms with van der Waals surface area (Å²) in [6, 6.07) is 8.19. The molecule has 0 atom stereocenters.